The van der Waals surface area contributed by atoms with Gasteiger partial charge in [-0.3, -0.25) is 4.99 Å². The molecule has 8 heteroatoms. The Kier molecular flexibility index (Phi) is 5.82. The quantitative estimate of drug-likeness (QED) is 0.188. The Labute approximate surface area is 197 Å². The lowest BCUT2D eigenvalue weighted by Gasteiger charge is -2.04. The minimum Gasteiger partial charge on any atom is -0.506 e. The summed E-state index contributed by atoms with van der Waals surface area (Å²) in [4.78, 5) is 8.95. The first-order chi connectivity index (χ1) is 13.4. The van der Waals surface area contributed by atoms with Gasteiger partial charge in [0.1, 0.15) is 11.3 Å². The minimum atomic E-state index is 0.204. The van der Waals surface area contributed by atoms with Crippen molar-refractivity contribution in [3.63, 3.8) is 0 Å². The lowest BCUT2D eigenvalue weighted by molar-refractivity contribution is 0.470. The van der Waals surface area contributed by atoms with Crippen molar-refractivity contribution in [1.29, 1.82) is 0 Å². The van der Waals surface area contributed by atoms with Crippen molar-refractivity contribution in [2.24, 2.45) is 4.99 Å². The Morgan fingerprint density at radius 2 is 1.86 bits per heavy atom. The van der Waals surface area contributed by atoms with Crippen LogP contribution in [0.15, 0.2) is 57.9 Å². The molecule has 1 aromatic heterocycles. The molecule has 0 saturated heterocycles. The first-order valence-electron chi connectivity index (χ1n) is 7.99. The van der Waals surface area contributed by atoms with E-state index < -0.39 is 0 Å². The highest BCUT2D eigenvalue weighted by atomic mass is 127. The number of hydrogen-bond acceptors (Lipinski definition) is 4. The molecule has 140 valence electrons. The Hall–Kier alpha value is -1.36. The predicted molar refractivity (Wildman–Crippen MR) is 130 cm³/mol. The molecule has 28 heavy (non-hydrogen) atoms. The average molecular weight is 635 g/mol. The minimum absolute atomic E-state index is 0.204. The molecule has 4 nitrogen and oxygen atoms in total. The number of halogens is 4. The fraction of sp³-hybridized carbons (Fsp3) is 0. The maximum Gasteiger partial charge on any atom is 0.228 e. The van der Waals surface area contributed by atoms with Crippen molar-refractivity contribution < 1.29 is 9.52 Å². The van der Waals surface area contributed by atoms with E-state index in [-0.39, 0.29) is 5.75 Å². The van der Waals surface area contributed by atoms with Crippen LogP contribution in [0, 0.1) is 7.14 Å². The van der Waals surface area contributed by atoms with Crippen LogP contribution in [0.1, 0.15) is 5.56 Å². The van der Waals surface area contributed by atoms with Gasteiger partial charge in [-0.15, -0.1) is 0 Å². The molecule has 0 fully saturated rings. The fourth-order valence-electron chi connectivity index (χ4n) is 2.60. The number of aromatic nitrogens is 1. The zero-order chi connectivity index (χ0) is 19.8. The summed E-state index contributed by atoms with van der Waals surface area (Å²) < 4.78 is 7.60. The van der Waals surface area contributed by atoms with Crippen LogP contribution in [0.25, 0.3) is 22.6 Å². The molecule has 0 amide bonds. The van der Waals surface area contributed by atoms with Crippen LogP contribution in [-0.4, -0.2) is 16.3 Å². The maximum absolute atomic E-state index is 10.2. The van der Waals surface area contributed by atoms with Crippen LogP contribution in [0.5, 0.6) is 5.75 Å². The number of phenolic OH excluding ortho intramolecular Hbond substituents is 1. The van der Waals surface area contributed by atoms with Crippen LogP contribution in [0.4, 0.5) is 5.69 Å². The zero-order valence-corrected chi connectivity index (χ0v) is 19.8. The Balaban J connectivity index is 1.73. The second-order valence-electron chi connectivity index (χ2n) is 5.88. The highest BCUT2D eigenvalue weighted by Crippen LogP contribution is 2.34. The number of hydrogen-bond donors (Lipinski definition) is 1. The molecule has 1 heterocycles. The van der Waals surface area contributed by atoms with E-state index in [2.05, 4.69) is 55.2 Å². The van der Waals surface area contributed by atoms with Crippen LogP contribution in [-0.2, 0) is 0 Å². The number of rotatable bonds is 3. The normalized spacial score (nSPS) is 11.6. The number of aliphatic imine (C=N–C) groups is 1. The van der Waals surface area contributed by atoms with Crippen molar-refractivity contribution in [3.05, 3.63) is 71.3 Å². The lowest BCUT2D eigenvalue weighted by Crippen LogP contribution is -1.88. The monoisotopic (exact) mass is 634 g/mol. The molecule has 3 aromatic carbocycles. The Morgan fingerprint density at radius 3 is 2.68 bits per heavy atom. The summed E-state index contributed by atoms with van der Waals surface area (Å²) in [6, 6.07) is 14.3. The summed E-state index contributed by atoms with van der Waals surface area (Å²) in [5, 5.41) is 11.3. The van der Waals surface area contributed by atoms with Gasteiger partial charge in [-0.2, -0.15) is 0 Å². The Bertz CT molecular complexity index is 1240. The molecule has 0 unspecified atom stereocenters. The summed E-state index contributed by atoms with van der Waals surface area (Å²) in [7, 11) is 0. The van der Waals surface area contributed by atoms with Gasteiger partial charge in [-0.05, 0) is 93.7 Å². The van der Waals surface area contributed by atoms with E-state index >= 15 is 0 Å². The smallest absolute Gasteiger partial charge is 0.228 e. The highest BCUT2D eigenvalue weighted by molar-refractivity contribution is 14.1. The molecular weight excluding hydrogens is 625 g/mol. The first-order valence-corrected chi connectivity index (χ1v) is 10.9. The predicted octanol–water partition coefficient (Wildman–Crippen LogP) is 7.47. The number of fused-ring (bicyclic) bond motifs is 1. The molecular formula is C20H10Cl2I2N2O2. The van der Waals surface area contributed by atoms with Gasteiger partial charge in [0.2, 0.25) is 5.89 Å². The van der Waals surface area contributed by atoms with Gasteiger partial charge in [0.15, 0.2) is 5.58 Å². The van der Waals surface area contributed by atoms with Crippen LogP contribution in [0.3, 0.4) is 0 Å². The highest BCUT2D eigenvalue weighted by Gasteiger charge is 2.13. The summed E-state index contributed by atoms with van der Waals surface area (Å²) in [5.41, 5.74) is 3.22. The topological polar surface area (TPSA) is 58.6 Å². The standard InChI is InChI=1S/C20H10Cl2I2N2O2/c21-11-1-4-18-17(6-11)26-20(28-18)14-8-13(2-3-15(14)22)25-9-10-5-12(23)7-16(24)19(10)27/h1-9,27H. The number of phenols is 1. The SMILES string of the molecule is Oc1c(I)cc(I)cc1C=Nc1ccc(Cl)c(-c2nc3cc(Cl)ccc3o2)c1. The molecule has 0 atom stereocenters. The summed E-state index contributed by atoms with van der Waals surface area (Å²) in [5.74, 6) is 0.598. The number of benzene rings is 3. The molecule has 0 bridgehead atoms. The van der Waals surface area contributed by atoms with E-state index in [1.54, 1.807) is 42.6 Å². The van der Waals surface area contributed by atoms with E-state index in [1.165, 1.54) is 0 Å². The van der Waals surface area contributed by atoms with Gasteiger partial charge in [0.25, 0.3) is 0 Å². The van der Waals surface area contributed by atoms with Crippen molar-refractivity contribution in [3.8, 4) is 17.2 Å². The van der Waals surface area contributed by atoms with E-state index in [9.17, 15) is 5.11 Å². The lowest BCUT2D eigenvalue weighted by atomic mass is 10.2. The number of oxazole rings is 1. The molecule has 0 spiro atoms. The van der Waals surface area contributed by atoms with Gasteiger partial charge < -0.3 is 9.52 Å². The third-order valence-corrected chi connectivity index (χ3v) is 5.95. The molecule has 4 aromatic rings. The Morgan fingerprint density at radius 1 is 1.04 bits per heavy atom. The van der Waals surface area contributed by atoms with Crippen molar-refractivity contribution >= 4 is 91.4 Å². The zero-order valence-electron chi connectivity index (χ0n) is 14.0. The van der Waals surface area contributed by atoms with Gasteiger partial charge >= 0.3 is 0 Å². The van der Waals surface area contributed by atoms with Gasteiger partial charge in [-0.1, -0.05) is 23.2 Å². The first kappa shape index (κ1) is 19.9. The number of aromatic hydroxyl groups is 1. The second kappa shape index (κ2) is 8.17. The largest absolute Gasteiger partial charge is 0.506 e. The van der Waals surface area contributed by atoms with Gasteiger partial charge in [0.05, 0.1) is 19.8 Å². The van der Waals surface area contributed by atoms with E-state index in [1.807, 2.05) is 12.1 Å². The molecule has 0 saturated carbocycles. The number of nitrogens with zero attached hydrogens (tertiary/aromatic N) is 2. The molecule has 1 N–H and O–H groups in total. The van der Waals surface area contributed by atoms with Crippen molar-refractivity contribution in [2.75, 3.05) is 0 Å². The van der Waals surface area contributed by atoms with Crippen molar-refractivity contribution in [2.45, 2.75) is 0 Å². The molecule has 0 aliphatic carbocycles. The van der Waals surface area contributed by atoms with E-state index in [4.69, 9.17) is 27.6 Å². The van der Waals surface area contributed by atoms with Crippen LogP contribution < -0.4 is 0 Å². The average Bonchev–Trinajstić information content (AvgIpc) is 3.07. The third kappa shape index (κ3) is 4.14. The van der Waals surface area contributed by atoms with Crippen LogP contribution >= 0.6 is 68.4 Å². The third-order valence-electron chi connectivity index (χ3n) is 3.94. The second-order valence-corrected chi connectivity index (χ2v) is 9.13. The molecule has 0 aliphatic heterocycles. The molecule has 4 rings (SSSR count). The fourth-order valence-corrected chi connectivity index (χ4v) is 4.86. The summed E-state index contributed by atoms with van der Waals surface area (Å²) in [6.45, 7) is 0. The maximum atomic E-state index is 10.2. The van der Waals surface area contributed by atoms with Gasteiger partial charge in [0, 0.05) is 20.4 Å². The summed E-state index contributed by atoms with van der Waals surface area (Å²) in [6.07, 6.45) is 1.62. The van der Waals surface area contributed by atoms with E-state index in [0.717, 1.165) is 7.14 Å². The van der Waals surface area contributed by atoms with Crippen molar-refractivity contribution in [1.82, 2.24) is 4.98 Å². The molecule has 0 radical (unpaired) electrons. The summed E-state index contributed by atoms with van der Waals surface area (Å²) >= 11 is 16.7. The van der Waals surface area contributed by atoms with Crippen LogP contribution in [0.2, 0.25) is 10.0 Å². The van der Waals surface area contributed by atoms with E-state index in [0.29, 0.717) is 43.9 Å². The van der Waals surface area contributed by atoms with Gasteiger partial charge in [-0.25, -0.2) is 4.98 Å². The molecule has 0 aliphatic rings.